The van der Waals surface area contributed by atoms with Crippen molar-refractivity contribution in [2.45, 2.75) is 65.3 Å². The lowest BCUT2D eigenvalue weighted by Crippen LogP contribution is -2.41. The molecule has 1 fully saturated rings. The molecule has 1 saturated heterocycles. The number of carbonyl (C=O) groups excluding carboxylic acids is 1. The molecule has 2 rings (SSSR count). The Hall–Kier alpha value is -2.50. The van der Waals surface area contributed by atoms with E-state index < -0.39 is 30.0 Å². The number of nitrogens with two attached hydrogens (primary N) is 1. The summed E-state index contributed by atoms with van der Waals surface area (Å²) in [5.41, 5.74) is 6.71. The highest BCUT2D eigenvalue weighted by Crippen LogP contribution is 2.39. The average molecular weight is 399 g/mol. The molecular weight excluding hydrogens is 369 g/mol. The average Bonchev–Trinajstić information content (AvgIpc) is 2.79. The van der Waals surface area contributed by atoms with Crippen molar-refractivity contribution in [2.24, 2.45) is 0 Å². The van der Waals surface area contributed by atoms with Gasteiger partial charge in [-0.15, -0.1) is 0 Å². The molecule has 0 aromatic heterocycles. The van der Waals surface area contributed by atoms with E-state index in [1.54, 1.807) is 45.0 Å². The van der Waals surface area contributed by atoms with Gasteiger partial charge in [-0.2, -0.15) is 5.26 Å². The molecular formula is C21H30BN3O4. The fourth-order valence-electron chi connectivity index (χ4n) is 2.65. The number of nitrogen functional groups attached to an aromatic ring is 1. The van der Waals surface area contributed by atoms with E-state index in [-0.39, 0.29) is 6.54 Å². The van der Waals surface area contributed by atoms with Crippen LogP contribution in [0.15, 0.2) is 23.7 Å². The van der Waals surface area contributed by atoms with Crippen LogP contribution in [0.25, 0.3) is 6.08 Å². The van der Waals surface area contributed by atoms with Gasteiger partial charge in [0, 0.05) is 12.2 Å². The first-order valence-electron chi connectivity index (χ1n) is 9.57. The number of anilines is 1. The maximum Gasteiger partial charge on any atom is 0.492 e. The number of ether oxygens (including phenoxy) is 1. The molecule has 0 aliphatic carbocycles. The summed E-state index contributed by atoms with van der Waals surface area (Å²) in [6, 6.07) is 7.12. The zero-order valence-corrected chi connectivity index (χ0v) is 18.3. The third kappa shape index (κ3) is 5.75. The van der Waals surface area contributed by atoms with Gasteiger partial charge in [0.2, 0.25) is 0 Å². The minimum absolute atomic E-state index is 0.141. The third-order valence-corrected chi connectivity index (χ3v) is 4.95. The summed E-state index contributed by atoms with van der Waals surface area (Å²) in [7, 11) is -0.680. The van der Waals surface area contributed by atoms with Crippen molar-refractivity contribution in [3.63, 3.8) is 0 Å². The van der Waals surface area contributed by atoms with Gasteiger partial charge < -0.3 is 25.1 Å². The Balaban J connectivity index is 2.34. The largest absolute Gasteiger partial charge is 0.492 e. The van der Waals surface area contributed by atoms with Crippen molar-refractivity contribution in [3.8, 4) is 6.07 Å². The molecule has 0 radical (unpaired) electrons. The molecule has 1 aromatic rings. The number of nitriles is 1. The second-order valence-corrected chi connectivity index (χ2v) is 9.12. The van der Waals surface area contributed by atoms with Crippen LogP contribution in [0.4, 0.5) is 10.5 Å². The van der Waals surface area contributed by atoms with Crippen molar-refractivity contribution in [1.82, 2.24) is 5.32 Å². The van der Waals surface area contributed by atoms with Crippen molar-refractivity contribution in [3.05, 3.63) is 34.8 Å². The van der Waals surface area contributed by atoms with Gasteiger partial charge in [-0.25, -0.2) is 4.79 Å². The fourth-order valence-corrected chi connectivity index (χ4v) is 2.65. The van der Waals surface area contributed by atoms with E-state index in [1.807, 2.05) is 27.7 Å². The first-order chi connectivity index (χ1) is 13.2. The first-order valence-corrected chi connectivity index (χ1v) is 9.57. The number of hydrogen-bond donors (Lipinski definition) is 2. The standard InChI is InChI=1S/C21H30BN3O4/c1-19(2,3)27-18(26)25-13-16(22-28-20(4,5)21(6,7)29-22)11-15-10-14(12-23)8-9-17(15)24/h8-11H,13,24H2,1-7H3,(H,25,26). The molecule has 8 heteroatoms. The highest BCUT2D eigenvalue weighted by Gasteiger charge is 2.52. The van der Waals surface area contributed by atoms with Gasteiger partial charge in [0.15, 0.2) is 0 Å². The lowest BCUT2D eigenvalue weighted by Gasteiger charge is -2.32. The van der Waals surface area contributed by atoms with Crippen molar-refractivity contribution in [1.29, 1.82) is 5.26 Å². The van der Waals surface area contributed by atoms with E-state index in [0.29, 0.717) is 22.3 Å². The number of benzene rings is 1. The zero-order valence-electron chi connectivity index (χ0n) is 18.3. The van der Waals surface area contributed by atoms with Crippen molar-refractivity contribution < 1.29 is 18.8 Å². The molecule has 1 aliphatic rings. The minimum Gasteiger partial charge on any atom is -0.444 e. The number of alkyl carbamates (subject to hydrolysis) is 1. The molecule has 1 aliphatic heterocycles. The van der Waals surface area contributed by atoms with Crippen LogP contribution in [-0.4, -0.2) is 36.6 Å². The Kier molecular flexibility index (Phi) is 6.36. The Labute approximate surface area is 173 Å². The molecule has 1 amide bonds. The third-order valence-electron chi connectivity index (χ3n) is 4.95. The Morgan fingerprint density at radius 2 is 1.86 bits per heavy atom. The number of nitrogens with one attached hydrogen (secondary N) is 1. The maximum atomic E-state index is 12.1. The molecule has 156 valence electrons. The minimum atomic E-state index is -0.680. The monoisotopic (exact) mass is 399 g/mol. The van der Waals surface area contributed by atoms with E-state index in [9.17, 15) is 10.1 Å². The predicted molar refractivity (Wildman–Crippen MR) is 114 cm³/mol. The second kappa shape index (κ2) is 8.09. The Bertz CT molecular complexity index is 834. The summed E-state index contributed by atoms with van der Waals surface area (Å²) in [5, 5.41) is 11.9. The van der Waals surface area contributed by atoms with Gasteiger partial charge in [-0.3, -0.25) is 0 Å². The number of carbonyl (C=O) groups is 1. The zero-order chi connectivity index (χ0) is 22.0. The van der Waals surface area contributed by atoms with E-state index in [1.165, 1.54) is 0 Å². The van der Waals surface area contributed by atoms with Gasteiger partial charge in [0.05, 0.1) is 22.8 Å². The summed E-state index contributed by atoms with van der Waals surface area (Å²) in [5.74, 6) is 0. The van der Waals surface area contributed by atoms with Gasteiger partial charge in [-0.05, 0) is 77.7 Å². The molecule has 1 heterocycles. The lowest BCUT2D eigenvalue weighted by atomic mass is 9.76. The van der Waals surface area contributed by atoms with Crippen molar-refractivity contribution >= 4 is 25.0 Å². The summed E-state index contributed by atoms with van der Waals surface area (Å²) >= 11 is 0. The molecule has 0 saturated carbocycles. The molecule has 0 spiro atoms. The van der Waals surface area contributed by atoms with Crippen LogP contribution >= 0.6 is 0 Å². The van der Waals surface area contributed by atoms with Crippen LogP contribution in [0.2, 0.25) is 0 Å². The van der Waals surface area contributed by atoms with Gasteiger partial charge in [0.25, 0.3) is 0 Å². The molecule has 29 heavy (non-hydrogen) atoms. The fraction of sp³-hybridized carbons (Fsp3) is 0.524. The summed E-state index contributed by atoms with van der Waals surface area (Å²) in [6.45, 7) is 13.4. The van der Waals surface area contributed by atoms with E-state index >= 15 is 0 Å². The molecule has 3 N–H and O–H groups in total. The number of amides is 1. The highest BCUT2D eigenvalue weighted by atomic mass is 16.7. The molecule has 1 aromatic carbocycles. The summed E-state index contributed by atoms with van der Waals surface area (Å²) in [6.07, 6.45) is 1.24. The van der Waals surface area contributed by atoms with E-state index in [4.69, 9.17) is 19.8 Å². The quantitative estimate of drug-likeness (QED) is 0.591. The molecule has 0 bridgehead atoms. The van der Waals surface area contributed by atoms with Crippen LogP contribution in [0.1, 0.15) is 59.6 Å². The van der Waals surface area contributed by atoms with E-state index in [0.717, 1.165) is 0 Å². The smallest absolute Gasteiger partial charge is 0.444 e. The Morgan fingerprint density at radius 1 is 1.28 bits per heavy atom. The molecule has 0 atom stereocenters. The first kappa shape index (κ1) is 22.8. The number of hydrogen-bond acceptors (Lipinski definition) is 6. The molecule has 7 nitrogen and oxygen atoms in total. The lowest BCUT2D eigenvalue weighted by molar-refractivity contribution is 0.00578. The van der Waals surface area contributed by atoms with Crippen LogP contribution < -0.4 is 11.1 Å². The van der Waals surface area contributed by atoms with Gasteiger partial charge in [-0.1, -0.05) is 6.08 Å². The number of rotatable bonds is 4. The van der Waals surface area contributed by atoms with Crippen LogP contribution in [0.5, 0.6) is 0 Å². The molecule has 0 unspecified atom stereocenters. The predicted octanol–water partition coefficient (Wildman–Crippen LogP) is 3.68. The van der Waals surface area contributed by atoms with Gasteiger partial charge in [0.1, 0.15) is 5.60 Å². The summed E-state index contributed by atoms with van der Waals surface area (Å²) in [4.78, 5) is 12.1. The topological polar surface area (TPSA) is 107 Å². The van der Waals surface area contributed by atoms with Crippen LogP contribution in [-0.2, 0) is 14.0 Å². The van der Waals surface area contributed by atoms with Crippen LogP contribution in [0, 0.1) is 11.3 Å². The SMILES string of the molecule is CC(C)(C)OC(=O)NCC(=Cc1cc(C#N)ccc1N)B1OC(C)(C)C(C)(C)O1. The maximum absolute atomic E-state index is 12.1. The van der Waals surface area contributed by atoms with E-state index in [2.05, 4.69) is 11.4 Å². The summed E-state index contributed by atoms with van der Waals surface area (Å²) < 4.78 is 17.6. The van der Waals surface area contributed by atoms with Crippen molar-refractivity contribution in [2.75, 3.05) is 12.3 Å². The van der Waals surface area contributed by atoms with Crippen LogP contribution in [0.3, 0.4) is 0 Å². The van der Waals surface area contributed by atoms with Gasteiger partial charge >= 0.3 is 13.2 Å². The Morgan fingerprint density at radius 3 is 2.38 bits per heavy atom. The second-order valence-electron chi connectivity index (χ2n) is 9.12. The highest BCUT2D eigenvalue weighted by molar-refractivity contribution is 6.56. The normalized spacial score (nSPS) is 18.3. The number of nitrogens with zero attached hydrogens (tertiary/aromatic N) is 1.